The van der Waals surface area contributed by atoms with E-state index in [-0.39, 0.29) is 0 Å². The number of piperidine rings is 1. The van der Waals surface area contributed by atoms with Gasteiger partial charge in [-0.1, -0.05) is 0 Å². The maximum Gasteiger partial charge on any atom is 0.223 e. The SMILES string of the molecule is O=C1NC2C3CC4C5CC(C14)C2C53. The molecule has 8 atom stereocenters. The summed E-state index contributed by atoms with van der Waals surface area (Å²) in [6.07, 6.45) is 2.79. The van der Waals surface area contributed by atoms with Crippen LogP contribution in [0, 0.1) is 41.4 Å². The van der Waals surface area contributed by atoms with Gasteiger partial charge in [-0.3, -0.25) is 4.79 Å². The van der Waals surface area contributed by atoms with Crippen molar-refractivity contribution in [1.29, 1.82) is 0 Å². The summed E-state index contributed by atoms with van der Waals surface area (Å²) in [4.78, 5) is 11.8. The largest absolute Gasteiger partial charge is 0.353 e. The van der Waals surface area contributed by atoms with Crippen LogP contribution in [0.4, 0.5) is 0 Å². The van der Waals surface area contributed by atoms with Crippen LogP contribution in [0.2, 0.25) is 0 Å². The summed E-state index contributed by atoms with van der Waals surface area (Å²) >= 11 is 0. The molecule has 2 bridgehead atoms. The lowest BCUT2D eigenvalue weighted by atomic mass is 9.56. The number of rotatable bonds is 0. The van der Waals surface area contributed by atoms with Gasteiger partial charge >= 0.3 is 0 Å². The third-order valence-electron chi connectivity index (χ3n) is 5.98. The van der Waals surface area contributed by atoms with Crippen LogP contribution >= 0.6 is 0 Å². The molecular weight excluding hydrogens is 162 g/mol. The molecule has 4 saturated carbocycles. The Morgan fingerprint density at radius 2 is 1.85 bits per heavy atom. The van der Waals surface area contributed by atoms with Crippen molar-refractivity contribution in [1.82, 2.24) is 5.32 Å². The van der Waals surface area contributed by atoms with Gasteiger partial charge in [0.15, 0.2) is 0 Å². The van der Waals surface area contributed by atoms with Crippen LogP contribution in [0.5, 0.6) is 0 Å². The van der Waals surface area contributed by atoms with Crippen LogP contribution in [0.15, 0.2) is 0 Å². The normalized spacial score (nSPS) is 74.3. The van der Waals surface area contributed by atoms with Crippen molar-refractivity contribution in [3.05, 3.63) is 0 Å². The van der Waals surface area contributed by atoms with Crippen molar-refractivity contribution >= 4 is 5.91 Å². The van der Waals surface area contributed by atoms with Gasteiger partial charge in [0, 0.05) is 12.0 Å². The van der Waals surface area contributed by atoms with Crippen LogP contribution in [0.1, 0.15) is 12.8 Å². The number of hydrogen-bond acceptors (Lipinski definition) is 1. The van der Waals surface area contributed by atoms with Crippen molar-refractivity contribution in [3.63, 3.8) is 0 Å². The lowest BCUT2D eigenvalue weighted by Gasteiger charge is -2.54. The van der Waals surface area contributed by atoms with E-state index < -0.39 is 0 Å². The molecule has 4 aliphatic carbocycles. The minimum Gasteiger partial charge on any atom is -0.353 e. The monoisotopic (exact) mass is 175 g/mol. The fourth-order valence-corrected chi connectivity index (χ4v) is 5.91. The first-order valence-electron chi connectivity index (χ1n) is 5.66. The lowest BCUT2D eigenvalue weighted by Crippen LogP contribution is -2.65. The Kier molecular flexibility index (Phi) is 0.674. The molecule has 0 aromatic heterocycles. The predicted octanol–water partition coefficient (Wildman–Crippen LogP) is 0.633. The molecule has 1 amide bonds. The molecule has 0 spiro atoms. The molecule has 13 heavy (non-hydrogen) atoms. The molecule has 8 unspecified atom stereocenters. The molecule has 0 aromatic rings. The maximum absolute atomic E-state index is 11.8. The van der Waals surface area contributed by atoms with E-state index in [9.17, 15) is 4.79 Å². The average molecular weight is 175 g/mol. The number of fused-ring (bicyclic) bond motifs is 2. The Morgan fingerprint density at radius 3 is 2.77 bits per heavy atom. The number of amides is 1. The number of carbonyl (C=O) groups excluding carboxylic acids is 1. The summed E-state index contributed by atoms with van der Waals surface area (Å²) in [7, 11) is 0. The lowest BCUT2D eigenvalue weighted by molar-refractivity contribution is -0.141. The molecule has 2 nitrogen and oxygen atoms in total. The zero-order valence-electron chi connectivity index (χ0n) is 7.44. The van der Waals surface area contributed by atoms with Crippen LogP contribution in [0.25, 0.3) is 0 Å². The van der Waals surface area contributed by atoms with Gasteiger partial charge in [-0.05, 0) is 48.3 Å². The molecule has 0 aromatic carbocycles. The van der Waals surface area contributed by atoms with Gasteiger partial charge in [-0.25, -0.2) is 0 Å². The predicted molar refractivity (Wildman–Crippen MR) is 45.6 cm³/mol. The molecular formula is C11H13NO. The van der Waals surface area contributed by atoms with Crippen LogP contribution in [-0.2, 0) is 4.79 Å². The number of carbonyl (C=O) groups is 1. The summed E-state index contributed by atoms with van der Waals surface area (Å²) in [6, 6.07) is 0.622. The van der Waals surface area contributed by atoms with E-state index in [1.54, 1.807) is 0 Å². The first-order chi connectivity index (χ1) is 6.36. The van der Waals surface area contributed by atoms with Crippen molar-refractivity contribution in [2.45, 2.75) is 18.9 Å². The zero-order chi connectivity index (χ0) is 8.32. The van der Waals surface area contributed by atoms with Crippen molar-refractivity contribution in [2.24, 2.45) is 41.4 Å². The van der Waals surface area contributed by atoms with Gasteiger partial charge in [-0.15, -0.1) is 0 Å². The van der Waals surface area contributed by atoms with Gasteiger partial charge in [0.25, 0.3) is 0 Å². The van der Waals surface area contributed by atoms with E-state index in [1.165, 1.54) is 12.8 Å². The Balaban J connectivity index is 1.82. The standard InChI is InChI=1S/C11H13NO/c13-11-8-4-2-6-7-3(4)1-5(8)9(7)10(6)12-11/h3-10H,1-2H2,(H,12,13). The van der Waals surface area contributed by atoms with E-state index in [2.05, 4.69) is 5.32 Å². The zero-order valence-corrected chi connectivity index (χ0v) is 7.44. The molecule has 2 heteroatoms. The molecule has 5 rings (SSSR count). The van der Waals surface area contributed by atoms with E-state index >= 15 is 0 Å². The minimum atomic E-state index is 0.416. The first kappa shape index (κ1) is 6.05. The van der Waals surface area contributed by atoms with Crippen molar-refractivity contribution < 1.29 is 4.79 Å². The Morgan fingerprint density at radius 1 is 1.00 bits per heavy atom. The molecule has 5 fully saturated rings. The average Bonchev–Trinajstić information content (AvgIpc) is 2.57. The highest BCUT2D eigenvalue weighted by Crippen LogP contribution is 2.76. The van der Waals surface area contributed by atoms with E-state index in [0.29, 0.717) is 17.9 Å². The second-order valence-electron chi connectivity index (χ2n) is 5.84. The molecule has 1 N–H and O–H groups in total. The fraction of sp³-hybridized carbons (Fsp3) is 0.909. The maximum atomic E-state index is 11.8. The Labute approximate surface area is 77.1 Å². The summed E-state index contributed by atoms with van der Waals surface area (Å²) in [5.74, 6) is 6.36. The molecule has 0 radical (unpaired) electrons. The van der Waals surface area contributed by atoms with Gasteiger partial charge in [0.05, 0.1) is 0 Å². The number of nitrogens with one attached hydrogen (secondary N) is 1. The Bertz CT molecular complexity index is 337. The Hall–Kier alpha value is -0.530. The van der Waals surface area contributed by atoms with Gasteiger partial charge in [-0.2, -0.15) is 0 Å². The summed E-state index contributed by atoms with van der Waals surface area (Å²) in [6.45, 7) is 0. The first-order valence-corrected chi connectivity index (χ1v) is 5.66. The second kappa shape index (κ2) is 1.45. The smallest absolute Gasteiger partial charge is 0.223 e. The molecule has 1 aliphatic heterocycles. The highest BCUT2D eigenvalue weighted by atomic mass is 16.2. The van der Waals surface area contributed by atoms with Gasteiger partial charge in [0.2, 0.25) is 5.91 Å². The molecule has 1 heterocycles. The molecule has 68 valence electrons. The van der Waals surface area contributed by atoms with Gasteiger partial charge < -0.3 is 5.32 Å². The second-order valence-corrected chi connectivity index (χ2v) is 5.84. The molecule has 5 aliphatic rings. The summed E-state index contributed by atoms with van der Waals surface area (Å²) < 4.78 is 0. The summed E-state index contributed by atoms with van der Waals surface area (Å²) in [5, 5.41) is 3.26. The van der Waals surface area contributed by atoms with Crippen molar-refractivity contribution in [2.75, 3.05) is 0 Å². The summed E-state index contributed by atoms with van der Waals surface area (Å²) in [5.41, 5.74) is 0. The number of hydrogen-bond donors (Lipinski definition) is 1. The third kappa shape index (κ3) is 0.388. The van der Waals surface area contributed by atoms with Crippen LogP contribution in [-0.4, -0.2) is 11.9 Å². The van der Waals surface area contributed by atoms with Crippen molar-refractivity contribution in [3.8, 4) is 0 Å². The van der Waals surface area contributed by atoms with Crippen LogP contribution < -0.4 is 5.32 Å². The van der Waals surface area contributed by atoms with Gasteiger partial charge in [0.1, 0.15) is 0 Å². The van der Waals surface area contributed by atoms with E-state index in [0.717, 1.165) is 35.5 Å². The topological polar surface area (TPSA) is 29.1 Å². The van der Waals surface area contributed by atoms with Crippen LogP contribution in [0.3, 0.4) is 0 Å². The minimum absolute atomic E-state index is 0.416. The van der Waals surface area contributed by atoms with E-state index in [4.69, 9.17) is 0 Å². The molecule has 1 saturated heterocycles. The third-order valence-corrected chi connectivity index (χ3v) is 5.98. The highest BCUT2D eigenvalue weighted by Gasteiger charge is 2.76. The quantitative estimate of drug-likeness (QED) is 0.575. The fourth-order valence-electron chi connectivity index (χ4n) is 5.91. The van der Waals surface area contributed by atoms with E-state index in [1.807, 2.05) is 0 Å². The highest BCUT2D eigenvalue weighted by molar-refractivity contribution is 5.83.